The summed E-state index contributed by atoms with van der Waals surface area (Å²) in [5.74, 6) is -0.575. The van der Waals surface area contributed by atoms with Crippen LogP contribution in [-0.4, -0.2) is 35.0 Å². The number of unbranched alkanes of at least 4 members (excludes halogenated alkanes) is 3. The van der Waals surface area contributed by atoms with Crippen molar-refractivity contribution in [2.45, 2.75) is 45.1 Å². The van der Waals surface area contributed by atoms with E-state index in [0.717, 1.165) is 31.4 Å². The number of carboxylic acids is 1. The van der Waals surface area contributed by atoms with Crippen LogP contribution in [0.2, 0.25) is 0 Å². The summed E-state index contributed by atoms with van der Waals surface area (Å²) in [6, 6.07) is -0.787. The number of amides is 1. The topological polar surface area (TPSA) is 66.4 Å². The maximum absolute atomic E-state index is 11.5. The predicted molar refractivity (Wildman–Crippen MR) is 75.8 cm³/mol. The fraction of sp³-hybridized carbons (Fsp3) is 0.692. The SMILES string of the molecule is CCCCCC=CC(=O)N[C@@H](CCSC)C(=O)O. The maximum Gasteiger partial charge on any atom is 0.326 e. The zero-order chi connectivity index (χ0) is 13.8. The van der Waals surface area contributed by atoms with E-state index in [2.05, 4.69) is 12.2 Å². The van der Waals surface area contributed by atoms with Gasteiger partial charge in [0.2, 0.25) is 5.91 Å². The summed E-state index contributed by atoms with van der Waals surface area (Å²) in [5, 5.41) is 11.4. The summed E-state index contributed by atoms with van der Waals surface area (Å²) in [5.41, 5.74) is 0. The van der Waals surface area contributed by atoms with Gasteiger partial charge < -0.3 is 10.4 Å². The van der Waals surface area contributed by atoms with Crippen molar-refractivity contribution in [2.75, 3.05) is 12.0 Å². The van der Waals surface area contributed by atoms with Gasteiger partial charge in [-0.1, -0.05) is 25.8 Å². The molecule has 0 radical (unpaired) electrons. The highest BCUT2D eigenvalue weighted by Gasteiger charge is 2.17. The average molecular weight is 273 g/mol. The minimum absolute atomic E-state index is 0.319. The second kappa shape index (κ2) is 11.1. The number of carbonyl (C=O) groups is 2. The number of hydrogen-bond donors (Lipinski definition) is 2. The van der Waals surface area contributed by atoms with E-state index in [9.17, 15) is 9.59 Å². The van der Waals surface area contributed by atoms with E-state index in [4.69, 9.17) is 5.11 Å². The lowest BCUT2D eigenvalue weighted by atomic mass is 10.2. The fourth-order valence-electron chi connectivity index (χ4n) is 1.42. The van der Waals surface area contributed by atoms with Gasteiger partial charge in [0.1, 0.15) is 6.04 Å². The zero-order valence-electron chi connectivity index (χ0n) is 11.1. The van der Waals surface area contributed by atoms with Gasteiger partial charge in [-0.2, -0.15) is 11.8 Å². The molecule has 2 N–H and O–H groups in total. The highest BCUT2D eigenvalue weighted by Crippen LogP contribution is 2.02. The summed E-state index contributed by atoms with van der Waals surface area (Å²) in [7, 11) is 0. The normalized spacial score (nSPS) is 12.6. The lowest BCUT2D eigenvalue weighted by Gasteiger charge is -2.12. The Morgan fingerprint density at radius 2 is 2.11 bits per heavy atom. The van der Waals surface area contributed by atoms with E-state index in [1.807, 2.05) is 6.26 Å². The van der Waals surface area contributed by atoms with Crippen LogP contribution in [0.5, 0.6) is 0 Å². The Balaban J connectivity index is 3.97. The highest BCUT2D eigenvalue weighted by molar-refractivity contribution is 7.98. The number of carboxylic acid groups (broad SMARTS) is 1. The van der Waals surface area contributed by atoms with E-state index in [-0.39, 0.29) is 5.91 Å². The molecule has 0 saturated carbocycles. The van der Waals surface area contributed by atoms with Crippen molar-refractivity contribution in [3.05, 3.63) is 12.2 Å². The number of carbonyl (C=O) groups excluding carboxylic acids is 1. The van der Waals surface area contributed by atoms with Crippen LogP contribution in [0.25, 0.3) is 0 Å². The van der Waals surface area contributed by atoms with E-state index < -0.39 is 12.0 Å². The van der Waals surface area contributed by atoms with Gasteiger partial charge in [-0.05, 0) is 37.3 Å². The van der Waals surface area contributed by atoms with Crippen LogP contribution in [0.15, 0.2) is 12.2 Å². The van der Waals surface area contributed by atoms with E-state index in [0.29, 0.717) is 6.42 Å². The van der Waals surface area contributed by atoms with E-state index in [1.165, 1.54) is 6.08 Å². The van der Waals surface area contributed by atoms with E-state index in [1.54, 1.807) is 17.8 Å². The molecule has 0 aliphatic rings. The molecule has 0 aliphatic carbocycles. The van der Waals surface area contributed by atoms with Crippen LogP contribution in [0.4, 0.5) is 0 Å². The van der Waals surface area contributed by atoms with Crippen molar-refractivity contribution in [3.8, 4) is 0 Å². The van der Waals surface area contributed by atoms with Gasteiger partial charge in [-0.15, -0.1) is 0 Å². The Labute approximate surface area is 113 Å². The average Bonchev–Trinajstić information content (AvgIpc) is 2.33. The number of hydrogen-bond acceptors (Lipinski definition) is 3. The monoisotopic (exact) mass is 273 g/mol. The van der Waals surface area contributed by atoms with Crippen LogP contribution in [0.1, 0.15) is 39.0 Å². The smallest absolute Gasteiger partial charge is 0.326 e. The largest absolute Gasteiger partial charge is 0.480 e. The molecule has 0 aromatic carbocycles. The summed E-state index contributed by atoms with van der Waals surface area (Å²) in [6.07, 6.45) is 9.83. The Morgan fingerprint density at radius 1 is 1.39 bits per heavy atom. The molecule has 0 spiro atoms. The van der Waals surface area contributed by atoms with Crippen LogP contribution in [0.3, 0.4) is 0 Å². The van der Waals surface area contributed by atoms with Gasteiger partial charge in [0.15, 0.2) is 0 Å². The van der Waals surface area contributed by atoms with Gasteiger partial charge in [-0.25, -0.2) is 4.79 Å². The number of thioether (sulfide) groups is 1. The molecule has 0 bridgehead atoms. The van der Waals surface area contributed by atoms with Crippen molar-refractivity contribution >= 4 is 23.6 Å². The summed E-state index contributed by atoms with van der Waals surface area (Å²) >= 11 is 1.57. The maximum atomic E-state index is 11.5. The molecule has 1 amide bonds. The Morgan fingerprint density at radius 3 is 2.67 bits per heavy atom. The van der Waals surface area contributed by atoms with Crippen LogP contribution in [-0.2, 0) is 9.59 Å². The molecule has 18 heavy (non-hydrogen) atoms. The zero-order valence-corrected chi connectivity index (χ0v) is 12.0. The molecule has 0 saturated heterocycles. The van der Waals surface area contributed by atoms with Crippen molar-refractivity contribution in [3.63, 3.8) is 0 Å². The molecule has 104 valence electrons. The number of rotatable bonds is 10. The predicted octanol–water partition coefficient (Wildman–Crippen LogP) is 2.45. The fourth-order valence-corrected chi connectivity index (χ4v) is 1.89. The summed E-state index contributed by atoms with van der Waals surface area (Å²) < 4.78 is 0. The molecular weight excluding hydrogens is 250 g/mol. The standard InChI is InChI=1S/C13H23NO3S/c1-3-4-5-6-7-8-12(15)14-11(13(16)17)9-10-18-2/h7-8,11H,3-6,9-10H2,1-2H3,(H,14,15)(H,16,17)/t11-/m0/s1. The minimum atomic E-state index is -0.975. The number of aliphatic carboxylic acids is 1. The number of nitrogens with one attached hydrogen (secondary N) is 1. The van der Waals surface area contributed by atoms with Crippen molar-refractivity contribution in [1.29, 1.82) is 0 Å². The van der Waals surface area contributed by atoms with Crippen LogP contribution >= 0.6 is 11.8 Å². The Bertz CT molecular complexity index is 279. The molecule has 5 heteroatoms. The van der Waals surface area contributed by atoms with Crippen LogP contribution in [0, 0.1) is 0 Å². The molecule has 0 fully saturated rings. The quantitative estimate of drug-likeness (QED) is 0.474. The van der Waals surface area contributed by atoms with Crippen LogP contribution < -0.4 is 5.32 Å². The number of allylic oxidation sites excluding steroid dienone is 1. The lowest BCUT2D eigenvalue weighted by Crippen LogP contribution is -2.40. The van der Waals surface area contributed by atoms with Gasteiger partial charge in [0.05, 0.1) is 0 Å². The molecule has 0 unspecified atom stereocenters. The molecule has 0 aromatic rings. The third-order valence-corrected chi connectivity index (χ3v) is 3.11. The molecule has 0 rings (SSSR count). The van der Waals surface area contributed by atoms with Gasteiger partial charge in [0, 0.05) is 0 Å². The first-order chi connectivity index (χ1) is 8.61. The van der Waals surface area contributed by atoms with Gasteiger partial charge in [-0.3, -0.25) is 4.79 Å². The first kappa shape index (κ1) is 17.0. The molecular formula is C13H23NO3S. The van der Waals surface area contributed by atoms with Gasteiger partial charge in [0.25, 0.3) is 0 Å². The van der Waals surface area contributed by atoms with Crippen molar-refractivity contribution in [2.24, 2.45) is 0 Å². The first-order valence-electron chi connectivity index (χ1n) is 6.30. The molecule has 4 nitrogen and oxygen atoms in total. The lowest BCUT2D eigenvalue weighted by molar-refractivity contribution is -0.141. The molecule has 0 heterocycles. The minimum Gasteiger partial charge on any atom is -0.480 e. The second-order valence-electron chi connectivity index (χ2n) is 4.08. The van der Waals surface area contributed by atoms with Crippen molar-refractivity contribution in [1.82, 2.24) is 5.32 Å². The molecule has 1 atom stereocenters. The molecule has 0 aliphatic heterocycles. The Hall–Kier alpha value is -0.970. The summed E-state index contributed by atoms with van der Waals surface area (Å²) in [6.45, 7) is 2.12. The first-order valence-corrected chi connectivity index (χ1v) is 7.70. The third-order valence-electron chi connectivity index (χ3n) is 2.47. The van der Waals surface area contributed by atoms with E-state index >= 15 is 0 Å². The second-order valence-corrected chi connectivity index (χ2v) is 5.06. The highest BCUT2D eigenvalue weighted by atomic mass is 32.2. The van der Waals surface area contributed by atoms with Crippen molar-refractivity contribution < 1.29 is 14.7 Å². The third kappa shape index (κ3) is 9.10. The summed E-state index contributed by atoms with van der Waals surface area (Å²) in [4.78, 5) is 22.4. The molecule has 0 aromatic heterocycles. The Kier molecular flexibility index (Phi) is 10.5. The van der Waals surface area contributed by atoms with Gasteiger partial charge >= 0.3 is 5.97 Å².